The number of likely N-dealkylation sites (N-methyl/N-ethyl adjacent to an activating group) is 1. The second-order valence-corrected chi connectivity index (χ2v) is 5.21. The molecule has 2 heterocycles. The summed E-state index contributed by atoms with van der Waals surface area (Å²) in [4.78, 5) is 17.0. The number of hydrogen-bond acceptors (Lipinski definition) is 6. The van der Waals surface area contributed by atoms with Crippen molar-refractivity contribution in [3.05, 3.63) is 11.1 Å². The van der Waals surface area contributed by atoms with E-state index in [1.165, 1.54) is 11.3 Å². The molecule has 1 aromatic heterocycles. The van der Waals surface area contributed by atoms with Crippen LogP contribution in [0, 0.1) is 0 Å². The molecule has 100 valence electrons. The average molecular weight is 271 g/mol. The minimum atomic E-state index is -0.857. The Bertz CT molecular complexity index is 410. The van der Waals surface area contributed by atoms with Gasteiger partial charge in [0.05, 0.1) is 24.8 Å². The van der Waals surface area contributed by atoms with Gasteiger partial charge in [0.2, 0.25) is 0 Å². The van der Waals surface area contributed by atoms with E-state index >= 15 is 0 Å². The molecular weight excluding hydrogens is 254 g/mol. The van der Waals surface area contributed by atoms with Crippen molar-refractivity contribution in [2.75, 3.05) is 38.6 Å². The second-order valence-electron chi connectivity index (χ2n) is 4.35. The number of ether oxygens (including phenoxy) is 1. The van der Waals surface area contributed by atoms with Gasteiger partial charge >= 0.3 is 5.97 Å². The highest BCUT2D eigenvalue weighted by Gasteiger charge is 2.17. The number of carbonyl (C=O) groups is 1. The molecule has 2 rings (SSSR count). The molecule has 1 aliphatic heterocycles. The molecule has 0 spiro atoms. The van der Waals surface area contributed by atoms with Gasteiger partial charge in [-0.1, -0.05) is 0 Å². The van der Waals surface area contributed by atoms with Crippen LogP contribution in [-0.4, -0.2) is 60.4 Å². The molecule has 18 heavy (non-hydrogen) atoms. The summed E-state index contributed by atoms with van der Waals surface area (Å²) in [7, 11) is 2.07. The van der Waals surface area contributed by atoms with Gasteiger partial charge < -0.3 is 20.1 Å². The van der Waals surface area contributed by atoms with Crippen LogP contribution in [0.15, 0.2) is 5.38 Å². The lowest BCUT2D eigenvalue weighted by Crippen LogP contribution is -2.43. The van der Waals surface area contributed by atoms with Crippen LogP contribution in [0.5, 0.6) is 0 Å². The normalized spacial score (nSPS) is 20.8. The van der Waals surface area contributed by atoms with Gasteiger partial charge in [0.1, 0.15) is 0 Å². The van der Waals surface area contributed by atoms with Gasteiger partial charge in [0.15, 0.2) is 5.13 Å². The van der Waals surface area contributed by atoms with E-state index in [0.717, 1.165) is 24.8 Å². The fourth-order valence-corrected chi connectivity index (χ4v) is 2.54. The molecule has 1 saturated heterocycles. The predicted octanol–water partition coefficient (Wildman–Crippen LogP) is 0.513. The monoisotopic (exact) mass is 271 g/mol. The van der Waals surface area contributed by atoms with Gasteiger partial charge in [-0.25, -0.2) is 4.98 Å². The third kappa shape index (κ3) is 3.94. The molecule has 6 nitrogen and oxygen atoms in total. The number of nitrogens with one attached hydrogen (secondary N) is 1. The number of aromatic nitrogens is 1. The van der Waals surface area contributed by atoms with Gasteiger partial charge in [-0.2, -0.15) is 0 Å². The summed E-state index contributed by atoms with van der Waals surface area (Å²) in [5.41, 5.74) is 0.594. The quantitative estimate of drug-likeness (QED) is 0.813. The SMILES string of the molecule is CN1CCOC(CNc2nc(CC(=O)O)cs2)C1. The van der Waals surface area contributed by atoms with Crippen LogP contribution in [0.25, 0.3) is 0 Å². The van der Waals surface area contributed by atoms with Crippen molar-refractivity contribution in [3.8, 4) is 0 Å². The van der Waals surface area contributed by atoms with Crippen molar-refractivity contribution in [2.24, 2.45) is 0 Å². The zero-order valence-corrected chi connectivity index (χ0v) is 11.1. The van der Waals surface area contributed by atoms with Crippen LogP contribution in [0.3, 0.4) is 0 Å². The number of carboxylic acids is 1. The second kappa shape index (κ2) is 6.12. The molecule has 1 aliphatic rings. The zero-order valence-electron chi connectivity index (χ0n) is 10.3. The lowest BCUT2D eigenvalue weighted by atomic mass is 10.3. The molecule has 0 bridgehead atoms. The average Bonchev–Trinajstić information content (AvgIpc) is 2.73. The first-order chi connectivity index (χ1) is 8.63. The maximum atomic E-state index is 10.5. The van der Waals surface area contributed by atoms with E-state index in [1.54, 1.807) is 5.38 Å². The van der Waals surface area contributed by atoms with Crippen LogP contribution in [0.1, 0.15) is 5.69 Å². The minimum absolute atomic E-state index is 0.0269. The van der Waals surface area contributed by atoms with E-state index < -0.39 is 5.97 Å². The molecule has 0 amide bonds. The molecule has 0 radical (unpaired) electrons. The van der Waals surface area contributed by atoms with Crippen molar-refractivity contribution < 1.29 is 14.6 Å². The number of carboxylic acid groups (broad SMARTS) is 1. The summed E-state index contributed by atoms with van der Waals surface area (Å²) in [6, 6.07) is 0. The van der Waals surface area contributed by atoms with E-state index in [0.29, 0.717) is 12.2 Å². The molecule has 0 saturated carbocycles. The Balaban J connectivity index is 1.79. The number of thiazole rings is 1. The molecule has 1 atom stereocenters. The molecular formula is C11H17N3O3S. The number of rotatable bonds is 5. The van der Waals surface area contributed by atoms with Crippen LogP contribution < -0.4 is 5.32 Å². The van der Waals surface area contributed by atoms with Gasteiger partial charge in [-0.3, -0.25) is 4.79 Å². The van der Waals surface area contributed by atoms with E-state index in [-0.39, 0.29) is 12.5 Å². The first-order valence-electron chi connectivity index (χ1n) is 5.83. The number of aliphatic carboxylic acids is 1. The van der Waals surface area contributed by atoms with Gasteiger partial charge in [-0.05, 0) is 7.05 Å². The summed E-state index contributed by atoms with van der Waals surface area (Å²) >= 11 is 1.43. The van der Waals surface area contributed by atoms with Crippen molar-refractivity contribution in [1.29, 1.82) is 0 Å². The zero-order chi connectivity index (χ0) is 13.0. The van der Waals surface area contributed by atoms with Crippen LogP contribution in [-0.2, 0) is 16.0 Å². The fourth-order valence-electron chi connectivity index (χ4n) is 1.82. The first kappa shape index (κ1) is 13.3. The third-order valence-electron chi connectivity index (χ3n) is 2.71. The van der Waals surface area contributed by atoms with E-state index in [4.69, 9.17) is 9.84 Å². The molecule has 1 aromatic rings. The molecule has 7 heteroatoms. The first-order valence-corrected chi connectivity index (χ1v) is 6.71. The Kier molecular flexibility index (Phi) is 4.51. The summed E-state index contributed by atoms with van der Waals surface area (Å²) in [5, 5.41) is 14.4. The Hall–Kier alpha value is -1.18. The van der Waals surface area contributed by atoms with Crippen molar-refractivity contribution in [2.45, 2.75) is 12.5 Å². The molecule has 0 aromatic carbocycles. The number of hydrogen-bond donors (Lipinski definition) is 2. The van der Waals surface area contributed by atoms with Crippen molar-refractivity contribution >= 4 is 22.4 Å². The van der Waals surface area contributed by atoms with Crippen LogP contribution >= 0.6 is 11.3 Å². The highest BCUT2D eigenvalue weighted by atomic mass is 32.1. The highest BCUT2D eigenvalue weighted by Crippen LogP contribution is 2.16. The standard InChI is InChI=1S/C11H17N3O3S/c1-14-2-3-17-9(6-14)5-12-11-13-8(7-18-11)4-10(15)16/h7,9H,2-6H2,1H3,(H,12,13)(H,15,16). The topological polar surface area (TPSA) is 74.7 Å². The predicted molar refractivity (Wildman–Crippen MR) is 69.2 cm³/mol. The van der Waals surface area contributed by atoms with Crippen molar-refractivity contribution in [3.63, 3.8) is 0 Å². The fraction of sp³-hybridized carbons (Fsp3) is 0.636. The number of nitrogens with zero attached hydrogens (tertiary/aromatic N) is 2. The summed E-state index contributed by atoms with van der Waals surface area (Å²) in [6.45, 7) is 3.33. The van der Waals surface area contributed by atoms with E-state index in [9.17, 15) is 4.79 Å². The van der Waals surface area contributed by atoms with Gasteiger partial charge in [0, 0.05) is 25.0 Å². The lowest BCUT2D eigenvalue weighted by Gasteiger charge is -2.29. The Morgan fingerprint density at radius 1 is 1.78 bits per heavy atom. The van der Waals surface area contributed by atoms with Gasteiger partial charge in [0.25, 0.3) is 0 Å². The molecule has 2 N–H and O–H groups in total. The smallest absolute Gasteiger partial charge is 0.309 e. The van der Waals surface area contributed by atoms with Crippen molar-refractivity contribution in [1.82, 2.24) is 9.88 Å². The summed E-state index contributed by atoms with van der Waals surface area (Å²) < 4.78 is 5.62. The molecule has 1 unspecified atom stereocenters. The minimum Gasteiger partial charge on any atom is -0.481 e. The Morgan fingerprint density at radius 3 is 3.33 bits per heavy atom. The third-order valence-corrected chi connectivity index (χ3v) is 3.56. The van der Waals surface area contributed by atoms with E-state index in [1.807, 2.05) is 0 Å². The molecule has 1 fully saturated rings. The molecule has 0 aliphatic carbocycles. The van der Waals surface area contributed by atoms with Gasteiger partial charge in [-0.15, -0.1) is 11.3 Å². The highest BCUT2D eigenvalue weighted by molar-refractivity contribution is 7.13. The summed E-state index contributed by atoms with van der Waals surface area (Å²) in [6.07, 6.45) is 0.136. The van der Waals surface area contributed by atoms with Crippen LogP contribution in [0.4, 0.5) is 5.13 Å². The summed E-state index contributed by atoms with van der Waals surface area (Å²) in [5.74, 6) is -0.857. The largest absolute Gasteiger partial charge is 0.481 e. The number of morpholine rings is 1. The van der Waals surface area contributed by atoms with Crippen LogP contribution in [0.2, 0.25) is 0 Å². The number of anilines is 1. The lowest BCUT2D eigenvalue weighted by molar-refractivity contribution is -0.136. The van der Waals surface area contributed by atoms with E-state index in [2.05, 4.69) is 22.2 Å². The Labute approximate surface area is 110 Å². The maximum absolute atomic E-state index is 10.5. The maximum Gasteiger partial charge on any atom is 0.309 e. The Morgan fingerprint density at radius 2 is 2.61 bits per heavy atom.